The van der Waals surface area contributed by atoms with E-state index in [0.29, 0.717) is 24.1 Å². The first kappa shape index (κ1) is 14.7. The Labute approximate surface area is 131 Å². The van der Waals surface area contributed by atoms with Crippen LogP contribution in [0.25, 0.3) is 0 Å². The Kier molecular flexibility index (Phi) is 3.94. The molecule has 2 N–H and O–H groups in total. The number of carbonyl (C=O) groups excluding carboxylic acids is 2. The van der Waals surface area contributed by atoms with E-state index >= 15 is 0 Å². The molecule has 5 nitrogen and oxygen atoms in total. The van der Waals surface area contributed by atoms with Gasteiger partial charge in [0.25, 0.3) is 11.5 Å². The van der Waals surface area contributed by atoms with Crippen molar-refractivity contribution in [3.63, 3.8) is 0 Å². The number of ketones is 1. The molecule has 0 unspecified atom stereocenters. The normalized spacial score (nSPS) is 15.2. The molecule has 114 valence electrons. The molecule has 0 aliphatic heterocycles. The number of amides is 1. The van der Waals surface area contributed by atoms with E-state index < -0.39 is 11.5 Å². The van der Waals surface area contributed by atoms with Gasteiger partial charge in [0.05, 0.1) is 6.04 Å². The van der Waals surface area contributed by atoms with Crippen LogP contribution in [-0.2, 0) is 6.42 Å². The van der Waals surface area contributed by atoms with Gasteiger partial charge in [0.15, 0.2) is 5.78 Å². The fourth-order valence-electron chi connectivity index (χ4n) is 2.63. The summed E-state index contributed by atoms with van der Waals surface area (Å²) in [5.74, 6) is -0.471. The number of nitrogens with one attached hydrogen (secondary N) is 2. The lowest BCUT2D eigenvalue weighted by Crippen LogP contribution is -2.33. The predicted molar refractivity (Wildman–Crippen MR) is 84.5 cm³/mol. The third kappa shape index (κ3) is 2.74. The Morgan fingerprint density at radius 3 is 2.91 bits per heavy atom. The number of carbonyl (C=O) groups is 2. The summed E-state index contributed by atoms with van der Waals surface area (Å²) in [6, 6.07) is 5.09. The van der Waals surface area contributed by atoms with Crippen LogP contribution >= 0.6 is 11.3 Å². The van der Waals surface area contributed by atoms with Gasteiger partial charge in [0, 0.05) is 22.6 Å². The van der Waals surface area contributed by atoms with Crippen LogP contribution in [0.5, 0.6) is 0 Å². The highest BCUT2D eigenvalue weighted by Gasteiger charge is 2.22. The van der Waals surface area contributed by atoms with Crippen molar-refractivity contribution >= 4 is 23.0 Å². The number of thiophene rings is 1. The molecule has 0 saturated carbocycles. The monoisotopic (exact) mass is 316 g/mol. The highest BCUT2D eigenvalue weighted by Crippen LogP contribution is 2.20. The Bertz CT molecular complexity index is 777. The van der Waals surface area contributed by atoms with E-state index in [2.05, 4.69) is 10.3 Å². The number of aromatic amines is 1. The quantitative estimate of drug-likeness (QED) is 0.913. The summed E-state index contributed by atoms with van der Waals surface area (Å²) in [4.78, 5) is 40.0. The van der Waals surface area contributed by atoms with Gasteiger partial charge in [0.1, 0.15) is 5.56 Å². The first-order valence-electron chi connectivity index (χ1n) is 7.20. The standard InChI is InChI=1S/C16H16N2O3S/c1-9(14-6-3-7-22-14)17-15(20)11-8-10-12(18-16(11)21)4-2-5-13(10)19/h3,6-9H,2,4-5H2,1H3,(H,17,20)(H,18,21)/t9-/m1/s1. The largest absolute Gasteiger partial charge is 0.345 e. The fraction of sp³-hybridized carbons (Fsp3) is 0.312. The number of fused-ring (bicyclic) bond motifs is 1. The average molecular weight is 316 g/mol. The van der Waals surface area contributed by atoms with E-state index in [1.54, 1.807) is 11.3 Å². The lowest BCUT2D eigenvalue weighted by atomic mass is 9.93. The van der Waals surface area contributed by atoms with Crippen molar-refractivity contribution in [3.8, 4) is 0 Å². The molecule has 2 heterocycles. The molecule has 2 aromatic heterocycles. The number of aromatic nitrogens is 1. The highest BCUT2D eigenvalue weighted by molar-refractivity contribution is 7.10. The molecule has 0 spiro atoms. The minimum Gasteiger partial charge on any atom is -0.345 e. The van der Waals surface area contributed by atoms with Crippen LogP contribution in [0.3, 0.4) is 0 Å². The van der Waals surface area contributed by atoms with Crippen molar-refractivity contribution < 1.29 is 9.59 Å². The molecule has 0 radical (unpaired) electrons. The van der Waals surface area contributed by atoms with Gasteiger partial charge in [-0.15, -0.1) is 11.3 Å². The van der Waals surface area contributed by atoms with Crippen molar-refractivity contribution in [2.24, 2.45) is 0 Å². The molecule has 1 aliphatic rings. The summed E-state index contributed by atoms with van der Waals surface area (Å²) in [6.45, 7) is 1.86. The molecule has 0 aromatic carbocycles. The van der Waals surface area contributed by atoms with Gasteiger partial charge in [-0.05, 0) is 37.3 Å². The van der Waals surface area contributed by atoms with Gasteiger partial charge in [-0.25, -0.2) is 0 Å². The van der Waals surface area contributed by atoms with Gasteiger partial charge < -0.3 is 10.3 Å². The lowest BCUT2D eigenvalue weighted by Gasteiger charge is -2.16. The number of hydrogen-bond acceptors (Lipinski definition) is 4. The molecule has 1 amide bonds. The highest BCUT2D eigenvalue weighted by atomic mass is 32.1. The van der Waals surface area contributed by atoms with E-state index in [1.807, 2.05) is 24.4 Å². The Morgan fingerprint density at radius 1 is 1.36 bits per heavy atom. The first-order chi connectivity index (χ1) is 10.6. The topological polar surface area (TPSA) is 79.0 Å². The SMILES string of the molecule is C[C@@H](NC(=O)c1cc2c([nH]c1=O)CCCC2=O)c1cccs1. The third-order valence-corrected chi connectivity index (χ3v) is 4.87. The first-order valence-corrected chi connectivity index (χ1v) is 8.08. The van der Waals surface area contributed by atoms with Crippen molar-refractivity contribution in [1.29, 1.82) is 0 Å². The molecule has 1 aliphatic carbocycles. The minimum absolute atomic E-state index is 0.00240. The van der Waals surface area contributed by atoms with Gasteiger partial charge in [-0.3, -0.25) is 14.4 Å². The van der Waals surface area contributed by atoms with Crippen LogP contribution in [0.2, 0.25) is 0 Å². The van der Waals surface area contributed by atoms with Crippen LogP contribution in [0.15, 0.2) is 28.4 Å². The van der Waals surface area contributed by atoms with Crippen molar-refractivity contribution in [2.75, 3.05) is 0 Å². The zero-order valence-electron chi connectivity index (χ0n) is 12.1. The maximum Gasteiger partial charge on any atom is 0.261 e. The number of rotatable bonds is 3. The second-order valence-electron chi connectivity index (χ2n) is 5.39. The van der Waals surface area contributed by atoms with Gasteiger partial charge in [-0.2, -0.15) is 0 Å². The van der Waals surface area contributed by atoms with E-state index in [-0.39, 0.29) is 17.4 Å². The van der Waals surface area contributed by atoms with Crippen LogP contribution in [-0.4, -0.2) is 16.7 Å². The van der Waals surface area contributed by atoms with Crippen molar-refractivity contribution in [2.45, 2.75) is 32.2 Å². The predicted octanol–water partition coefficient (Wildman–Crippen LogP) is 2.45. The number of H-pyrrole nitrogens is 1. The molecule has 22 heavy (non-hydrogen) atoms. The molecule has 0 bridgehead atoms. The number of Topliss-reactive ketones (excluding diaryl/α,β-unsaturated/α-hetero) is 1. The van der Waals surface area contributed by atoms with Crippen LogP contribution < -0.4 is 10.9 Å². The van der Waals surface area contributed by atoms with Gasteiger partial charge >= 0.3 is 0 Å². The number of pyridine rings is 1. The smallest absolute Gasteiger partial charge is 0.261 e. The summed E-state index contributed by atoms with van der Waals surface area (Å²) >= 11 is 1.54. The van der Waals surface area contributed by atoms with E-state index in [1.165, 1.54) is 6.07 Å². The summed E-state index contributed by atoms with van der Waals surface area (Å²) in [7, 11) is 0. The maximum absolute atomic E-state index is 12.3. The van der Waals surface area contributed by atoms with E-state index in [4.69, 9.17) is 0 Å². The fourth-order valence-corrected chi connectivity index (χ4v) is 3.36. The summed E-state index contributed by atoms with van der Waals surface area (Å²) in [5.41, 5.74) is 0.672. The molecule has 0 saturated heterocycles. The third-order valence-electron chi connectivity index (χ3n) is 3.82. The van der Waals surface area contributed by atoms with E-state index in [9.17, 15) is 14.4 Å². The number of hydrogen-bond donors (Lipinski definition) is 2. The van der Waals surface area contributed by atoms with Crippen molar-refractivity contribution in [3.05, 3.63) is 55.6 Å². The summed E-state index contributed by atoms with van der Waals surface area (Å²) < 4.78 is 0. The lowest BCUT2D eigenvalue weighted by molar-refractivity contribution is 0.0939. The zero-order valence-corrected chi connectivity index (χ0v) is 13.0. The summed E-state index contributed by atoms with van der Waals surface area (Å²) in [5, 5.41) is 4.73. The van der Waals surface area contributed by atoms with Crippen LogP contribution in [0.1, 0.15) is 57.1 Å². The second kappa shape index (κ2) is 5.88. The minimum atomic E-state index is -0.455. The van der Waals surface area contributed by atoms with Gasteiger partial charge in [0.2, 0.25) is 0 Å². The van der Waals surface area contributed by atoms with E-state index in [0.717, 1.165) is 11.3 Å². The maximum atomic E-state index is 12.3. The second-order valence-corrected chi connectivity index (χ2v) is 6.37. The molecule has 2 aromatic rings. The molecule has 1 atom stereocenters. The van der Waals surface area contributed by atoms with Gasteiger partial charge in [-0.1, -0.05) is 6.07 Å². The Hall–Kier alpha value is -2.21. The summed E-state index contributed by atoms with van der Waals surface area (Å²) in [6.07, 6.45) is 1.87. The molecular formula is C16H16N2O3S. The molecule has 0 fully saturated rings. The average Bonchev–Trinajstić information content (AvgIpc) is 3.01. The Balaban J connectivity index is 1.88. The van der Waals surface area contributed by atoms with Crippen LogP contribution in [0.4, 0.5) is 0 Å². The molecule has 6 heteroatoms. The Morgan fingerprint density at radius 2 is 2.18 bits per heavy atom. The zero-order chi connectivity index (χ0) is 15.7. The van der Waals surface area contributed by atoms with Crippen molar-refractivity contribution in [1.82, 2.24) is 10.3 Å². The van der Waals surface area contributed by atoms with Crippen LogP contribution in [0, 0.1) is 0 Å². The number of aryl methyl sites for hydroxylation is 1. The molecule has 3 rings (SSSR count). The molecular weight excluding hydrogens is 300 g/mol.